The van der Waals surface area contributed by atoms with E-state index in [1.54, 1.807) is 5.57 Å². The van der Waals surface area contributed by atoms with Crippen LogP contribution in [0.5, 0.6) is 0 Å². The highest BCUT2D eigenvalue weighted by Gasteiger charge is 2.61. The van der Waals surface area contributed by atoms with Gasteiger partial charge < -0.3 is 5.11 Å². The summed E-state index contributed by atoms with van der Waals surface area (Å²) in [6.45, 7) is 4.63. The molecule has 0 bridgehead atoms. The molecule has 0 aromatic rings. The van der Waals surface area contributed by atoms with E-state index < -0.39 is 0 Å². The Morgan fingerprint density at radius 3 is 2.86 bits per heavy atom. The summed E-state index contributed by atoms with van der Waals surface area (Å²) in [5, 5.41) is 10.0. The Hall–Kier alpha value is -0.760. The Labute approximate surface area is 128 Å². The zero-order chi connectivity index (χ0) is 14.8. The summed E-state index contributed by atoms with van der Waals surface area (Å²) in [5.74, 6) is 2.18. The van der Waals surface area contributed by atoms with Gasteiger partial charge in [0.15, 0.2) is 0 Å². The first-order valence-electron chi connectivity index (χ1n) is 8.71. The van der Waals surface area contributed by atoms with Gasteiger partial charge in [-0.25, -0.2) is 4.79 Å². The van der Waals surface area contributed by atoms with Crippen LogP contribution in [0.2, 0.25) is 0 Å². The number of rotatable bonds is 0. The molecule has 0 spiro atoms. The molecular formula is C19H27O2+. The first kappa shape index (κ1) is 13.9. The van der Waals surface area contributed by atoms with Gasteiger partial charge in [0, 0.05) is 5.92 Å². The van der Waals surface area contributed by atoms with E-state index in [0.717, 1.165) is 32.1 Å². The van der Waals surface area contributed by atoms with E-state index in [2.05, 4.69) is 19.9 Å². The van der Waals surface area contributed by atoms with Gasteiger partial charge in [-0.15, -0.1) is 0 Å². The smallest absolute Gasteiger partial charge is 0.312 e. The van der Waals surface area contributed by atoms with E-state index in [-0.39, 0.29) is 16.9 Å². The van der Waals surface area contributed by atoms with Gasteiger partial charge in [-0.2, -0.15) is 0 Å². The molecule has 2 nitrogen and oxygen atoms in total. The van der Waals surface area contributed by atoms with Crippen molar-refractivity contribution in [2.45, 2.75) is 64.9 Å². The number of hydrogen-bond donors (Lipinski definition) is 1. The molecule has 4 rings (SSSR count). The van der Waals surface area contributed by atoms with Crippen molar-refractivity contribution < 1.29 is 9.90 Å². The summed E-state index contributed by atoms with van der Waals surface area (Å²) >= 11 is 0. The third-order valence-corrected chi connectivity index (χ3v) is 7.51. The van der Waals surface area contributed by atoms with Crippen LogP contribution in [-0.4, -0.2) is 17.0 Å². The molecule has 0 aliphatic heterocycles. The molecule has 0 heterocycles. The Bertz CT molecular complexity index is 508. The number of carbonyl (C=O) groups is 1. The van der Waals surface area contributed by atoms with E-state index in [4.69, 9.17) is 0 Å². The number of carbonyl (C=O) groups excluding carboxylic acids is 1. The second-order valence-electron chi connectivity index (χ2n) is 8.42. The average molecular weight is 287 g/mol. The van der Waals surface area contributed by atoms with E-state index in [1.807, 2.05) is 6.42 Å². The fourth-order valence-corrected chi connectivity index (χ4v) is 6.05. The van der Waals surface area contributed by atoms with Crippen molar-refractivity contribution in [3.63, 3.8) is 0 Å². The van der Waals surface area contributed by atoms with Crippen molar-refractivity contribution in [2.75, 3.05) is 0 Å². The van der Waals surface area contributed by atoms with Crippen LogP contribution >= 0.6 is 0 Å². The third kappa shape index (κ3) is 1.75. The highest BCUT2D eigenvalue weighted by Crippen LogP contribution is 2.63. The fourth-order valence-electron chi connectivity index (χ4n) is 6.05. The standard InChI is InChI=1S/C19H27O2/c1-18-9-7-13(20)11-12(18)3-4-14-15-5-6-17(21)19(15,2)10-8-16(14)18/h6,8,12-15,20H,3-5,7,9-11H2,1-2H3/q+1/t12-,13-,14+,15+,18+,19+/m1/s1. The van der Waals surface area contributed by atoms with Gasteiger partial charge >= 0.3 is 5.78 Å². The minimum absolute atomic E-state index is 0.0875. The molecule has 0 aromatic carbocycles. The highest BCUT2D eigenvalue weighted by atomic mass is 16.3. The van der Waals surface area contributed by atoms with Gasteiger partial charge in [-0.05, 0) is 62.7 Å². The van der Waals surface area contributed by atoms with Gasteiger partial charge in [0.2, 0.25) is 0 Å². The second kappa shape index (κ2) is 4.38. The molecule has 3 saturated carbocycles. The molecule has 1 N–H and O–H groups in total. The molecule has 2 heteroatoms. The molecule has 6 atom stereocenters. The number of ketones is 1. The van der Waals surface area contributed by atoms with Crippen molar-refractivity contribution in [1.29, 1.82) is 0 Å². The van der Waals surface area contributed by atoms with E-state index in [1.165, 1.54) is 12.8 Å². The monoisotopic (exact) mass is 287 g/mol. The number of fused-ring (bicyclic) bond motifs is 5. The Morgan fingerprint density at radius 1 is 1.24 bits per heavy atom. The SMILES string of the molecule is C[C@]12CC[C@@H](O)C[C@H]1CC[C@@H]1C2=CC[C@]2(C)C(=O)[CH+]C[C@@H]12. The van der Waals surface area contributed by atoms with Crippen molar-refractivity contribution in [1.82, 2.24) is 0 Å². The second-order valence-corrected chi connectivity index (χ2v) is 8.42. The third-order valence-electron chi connectivity index (χ3n) is 7.51. The van der Waals surface area contributed by atoms with E-state index >= 15 is 0 Å². The maximum absolute atomic E-state index is 12.3. The van der Waals surface area contributed by atoms with Crippen LogP contribution in [-0.2, 0) is 4.79 Å². The lowest BCUT2D eigenvalue weighted by Gasteiger charge is -2.55. The first-order chi connectivity index (χ1) is 9.95. The summed E-state index contributed by atoms with van der Waals surface area (Å²) in [5.41, 5.74) is 1.82. The van der Waals surface area contributed by atoms with Crippen molar-refractivity contribution in [3.8, 4) is 0 Å². The molecule has 0 unspecified atom stereocenters. The minimum Gasteiger partial charge on any atom is -0.393 e. The summed E-state index contributed by atoms with van der Waals surface area (Å²) in [6, 6.07) is 0. The zero-order valence-electron chi connectivity index (χ0n) is 13.3. The average Bonchev–Trinajstić information content (AvgIpc) is 2.76. The molecule has 0 aromatic heterocycles. The normalized spacial score (nSPS) is 52.3. The summed E-state index contributed by atoms with van der Waals surface area (Å²) in [4.78, 5) is 12.3. The number of allylic oxidation sites excluding steroid dienone is 2. The van der Waals surface area contributed by atoms with Crippen molar-refractivity contribution in [2.24, 2.45) is 28.6 Å². The maximum Gasteiger partial charge on any atom is 0.312 e. The van der Waals surface area contributed by atoms with Crippen LogP contribution in [0.25, 0.3) is 0 Å². The van der Waals surface area contributed by atoms with E-state index in [9.17, 15) is 9.90 Å². The molecule has 0 saturated heterocycles. The van der Waals surface area contributed by atoms with Crippen LogP contribution in [0.1, 0.15) is 58.8 Å². The van der Waals surface area contributed by atoms with Gasteiger partial charge in [0.05, 0.1) is 11.5 Å². The van der Waals surface area contributed by atoms with Crippen molar-refractivity contribution in [3.05, 3.63) is 18.1 Å². The highest BCUT2D eigenvalue weighted by molar-refractivity contribution is 5.95. The van der Waals surface area contributed by atoms with Gasteiger partial charge in [-0.3, -0.25) is 0 Å². The van der Waals surface area contributed by atoms with Gasteiger partial charge in [0.1, 0.15) is 12.8 Å². The van der Waals surface area contributed by atoms with E-state index in [0.29, 0.717) is 23.5 Å². The predicted molar refractivity (Wildman–Crippen MR) is 82.4 cm³/mol. The topological polar surface area (TPSA) is 37.3 Å². The lowest BCUT2D eigenvalue weighted by Crippen LogP contribution is -2.48. The zero-order valence-corrected chi connectivity index (χ0v) is 13.3. The predicted octanol–water partition coefficient (Wildman–Crippen LogP) is 3.69. The fraction of sp³-hybridized carbons (Fsp3) is 0.789. The number of Topliss-reactive ketones (excluding diaryl/α,β-unsaturated/α-hetero) is 1. The molecule has 0 amide bonds. The van der Waals surface area contributed by atoms with Crippen molar-refractivity contribution >= 4 is 5.78 Å². The maximum atomic E-state index is 12.3. The Balaban J connectivity index is 1.71. The Morgan fingerprint density at radius 2 is 2.05 bits per heavy atom. The number of hydrogen-bond acceptors (Lipinski definition) is 2. The molecule has 21 heavy (non-hydrogen) atoms. The van der Waals surface area contributed by atoms with Gasteiger partial charge in [0.25, 0.3) is 0 Å². The molecule has 4 aliphatic carbocycles. The van der Waals surface area contributed by atoms with Crippen LogP contribution in [0.3, 0.4) is 0 Å². The Kier molecular flexibility index (Phi) is 2.89. The largest absolute Gasteiger partial charge is 0.393 e. The van der Waals surface area contributed by atoms with Crippen LogP contribution in [0, 0.1) is 35.0 Å². The van der Waals surface area contributed by atoms with Crippen LogP contribution < -0.4 is 0 Å². The van der Waals surface area contributed by atoms with Gasteiger partial charge in [-0.1, -0.05) is 18.6 Å². The van der Waals surface area contributed by atoms with Crippen LogP contribution in [0.15, 0.2) is 11.6 Å². The summed E-state index contributed by atoms with van der Waals surface area (Å²) in [7, 11) is 0. The summed E-state index contributed by atoms with van der Waals surface area (Å²) in [6.07, 6.45) is 11.7. The molecule has 3 fully saturated rings. The quantitative estimate of drug-likeness (QED) is 0.545. The lowest BCUT2D eigenvalue weighted by molar-refractivity contribution is -0.125. The molecule has 4 aliphatic rings. The first-order valence-corrected chi connectivity index (χ1v) is 8.71. The molecule has 114 valence electrons. The number of aliphatic hydroxyl groups excluding tert-OH is 1. The lowest BCUT2D eigenvalue weighted by atomic mass is 9.49. The molecular weight excluding hydrogens is 260 g/mol. The van der Waals surface area contributed by atoms with Crippen LogP contribution in [0.4, 0.5) is 0 Å². The number of aliphatic hydroxyl groups is 1. The molecule has 0 radical (unpaired) electrons. The minimum atomic E-state index is -0.119. The summed E-state index contributed by atoms with van der Waals surface area (Å²) < 4.78 is 0.